The molecule has 2 aromatic carbocycles. The van der Waals surface area contributed by atoms with Crippen molar-refractivity contribution in [2.24, 2.45) is 5.92 Å². The van der Waals surface area contributed by atoms with E-state index in [9.17, 15) is 27.6 Å². The van der Waals surface area contributed by atoms with E-state index in [1.165, 1.54) is 0 Å². The number of aryl methyl sites for hydroxylation is 2. The molecule has 0 saturated heterocycles. The van der Waals surface area contributed by atoms with Gasteiger partial charge in [-0.2, -0.15) is 13.2 Å². The van der Waals surface area contributed by atoms with E-state index in [0.717, 1.165) is 29.4 Å². The van der Waals surface area contributed by atoms with Crippen LogP contribution in [0.1, 0.15) is 41.1 Å². The van der Waals surface area contributed by atoms with Crippen LogP contribution in [0.4, 0.5) is 13.2 Å². The number of hydrogen-bond donors (Lipinski definition) is 2. The van der Waals surface area contributed by atoms with Crippen LogP contribution in [0.5, 0.6) is 0 Å². The normalized spacial score (nSPS) is 21.2. The fourth-order valence-electron chi connectivity index (χ4n) is 4.47. The first-order valence-corrected chi connectivity index (χ1v) is 11.3. The molecular weight excluding hydrogens is 461 g/mol. The molecule has 0 spiro atoms. The lowest BCUT2D eigenvalue weighted by atomic mass is 9.87. The van der Waals surface area contributed by atoms with Crippen LogP contribution >= 0.6 is 0 Å². The number of likely N-dealkylation sites (N-methyl/N-ethyl adjacent to an activating group) is 1. The Labute approximate surface area is 202 Å². The Morgan fingerprint density at radius 1 is 1.06 bits per heavy atom. The van der Waals surface area contributed by atoms with Crippen LogP contribution in [0.25, 0.3) is 11.1 Å². The predicted molar refractivity (Wildman–Crippen MR) is 125 cm³/mol. The Morgan fingerprint density at radius 2 is 1.69 bits per heavy atom. The lowest BCUT2D eigenvalue weighted by Crippen LogP contribution is -2.47. The maximum atomic E-state index is 13.3. The number of rotatable bonds is 3. The van der Waals surface area contributed by atoms with Crippen LogP contribution in [-0.4, -0.2) is 44.0 Å². The summed E-state index contributed by atoms with van der Waals surface area (Å²) in [4.78, 5) is 38.5. The highest BCUT2D eigenvalue weighted by molar-refractivity contribution is 5.92. The first kappa shape index (κ1) is 26.4. The summed E-state index contributed by atoms with van der Waals surface area (Å²) in [7, 11) is 2.69. The third kappa shape index (κ3) is 6.28. The molecule has 4 bridgehead atoms. The van der Waals surface area contributed by atoms with E-state index in [4.69, 9.17) is 4.74 Å². The SMILES string of the molecule is CN[C@@H]1C(=O)C[C@@H](CC(F)(F)F)C(=O)N[C@H](C(=O)OC)Cc2ccc(C)c(c2)-c2cc1ccc2C. The maximum absolute atomic E-state index is 13.3. The van der Waals surface area contributed by atoms with Crippen molar-refractivity contribution in [1.29, 1.82) is 0 Å². The predicted octanol–water partition coefficient (Wildman–Crippen LogP) is 3.97. The minimum atomic E-state index is -4.67. The minimum absolute atomic E-state index is 0.0241. The molecule has 1 aliphatic heterocycles. The number of ether oxygens (including phenoxy) is 1. The molecule has 0 aliphatic carbocycles. The van der Waals surface area contributed by atoms with Crippen molar-refractivity contribution in [3.8, 4) is 11.1 Å². The van der Waals surface area contributed by atoms with E-state index < -0.39 is 54.7 Å². The highest BCUT2D eigenvalue weighted by Crippen LogP contribution is 2.33. The number of alkyl halides is 3. The molecule has 9 heteroatoms. The van der Waals surface area contributed by atoms with Crippen LogP contribution in [0.15, 0.2) is 36.4 Å². The van der Waals surface area contributed by atoms with Gasteiger partial charge < -0.3 is 15.4 Å². The lowest BCUT2D eigenvalue weighted by molar-refractivity contribution is -0.157. The van der Waals surface area contributed by atoms with E-state index in [2.05, 4.69) is 10.6 Å². The summed E-state index contributed by atoms with van der Waals surface area (Å²) in [6, 6.07) is 8.93. The monoisotopic (exact) mass is 490 g/mol. The van der Waals surface area contributed by atoms with Gasteiger partial charge in [0.25, 0.3) is 0 Å². The molecule has 2 aromatic rings. The van der Waals surface area contributed by atoms with E-state index in [0.29, 0.717) is 11.1 Å². The quantitative estimate of drug-likeness (QED) is 0.636. The molecule has 0 unspecified atom stereocenters. The molecule has 6 nitrogen and oxygen atoms in total. The second kappa shape index (κ2) is 10.6. The Bertz CT molecular complexity index is 1130. The van der Waals surface area contributed by atoms with Crippen LogP contribution in [0.2, 0.25) is 0 Å². The first-order chi connectivity index (χ1) is 16.4. The van der Waals surface area contributed by atoms with Crippen molar-refractivity contribution in [3.63, 3.8) is 0 Å². The number of nitrogens with one attached hydrogen (secondary N) is 2. The average molecular weight is 491 g/mol. The fourth-order valence-corrected chi connectivity index (χ4v) is 4.47. The average Bonchev–Trinajstić information content (AvgIpc) is 2.79. The molecule has 0 aromatic heterocycles. The number of amides is 1. The van der Waals surface area contributed by atoms with Gasteiger partial charge in [0.2, 0.25) is 5.91 Å². The van der Waals surface area contributed by atoms with E-state index in [-0.39, 0.29) is 6.42 Å². The van der Waals surface area contributed by atoms with E-state index in [1.54, 1.807) is 19.2 Å². The zero-order chi connectivity index (χ0) is 25.9. The van der Waals surface area contributed by atoms with Gasteiger partial charge in [-0.25, -0.2) is 4.79 Å². The lowest BCUT2D eigenvalue weighted by Gasteiger charge is -2.25. The number of Topliss-reactive ketones (excluding diaryl/α,β-unsaturated/α-hetero) is 1. The van der Waals surface area contributed by atoms with Crippen molar-refractivity contribution in [2.45, 2.75) is 51.4 Å². The van der Waals surface area contributed by atoms with E-state index in [1.807, 2.05) is 38.1 Å². The highest BCUT2D eigenvalue weighted by Gasteiger charge is 2.39. The van der Waals surface area contributed by atoms with Gasteiger partial charge in [-0.15, -0.1) is 0 Å². The standard InChI is InChI=1S/C26H29F3N2O4/c1-14-5-7-16-9-19(14)20-11-17(8-6-15(20)2)23(30-3)22(32)12-18(13-26(27,28)29)24(33)31-21(10-16)25(34)35-4/h5-9,11,18,21,23,30H,10,12-13H2,1-4H3,(H,31,33)/t18-,21-,23-/m0/s1. The molecular formula is C26H29F3N2O4. The highest BCUT2D eigenvalue weighted by atomic mass is 19.4. The van der Waals surface area contributed by atoms with Crippen LogP contribution in [0, 0.1) is 19.8 Å². The third-order valence-corrected chi connectivity index (χ3v) is 6.34. The van der Waals surface area contributed by atoms with Gasteiger partial charge in [-0.3, -0.25) is 9.59 Å². The molecule has 3 rings (SSSR count). The summed E-state index contributed by atoms with van der Waals surface area (Å²) < 4.78 is 44.8. The van der Waals surface area contributed by atoms with Crippen molar-refractivity contribution in [1.82, 2.24) is 10.6 Å². The molecule has 3 atom stereocenters. The molecule has 1 amide bonds. The molecule has 0 saturated carbocycles. The van der Waals surface area contributed by atoms with Gasteiger partial charge in [-0.1, -0.05) is 30.3 Å². The molecule has 1 aliphatic rings. The number of fused-ring (bicyclic) bond motifs is 5. The number of hydrogen-bond acceptors (Lipinski definition) is 5. The largest absolute Gasteiger partial charge is 0.467 e. The van der Waals surface area contributed by atoms with Gasteiger partial charge in [0, 0.05) is 12.8 Å². The third-order valence-electron chi connectivity index (χ3n) is 6.34. The fraction of sp³-hybridized carbons (Fsp3) is 0.423. The van der Waals surface area contributed by atoms with Gasteiger partial charge in [0.15, 0.2) is 5.78 Å². The number of carbonyl (C=O) groups is 3. The van der Waals surface area contributed by atoms with Gasteiger partial charge in [0.05, 0.1) is 25.5 Å². The van der Waals surface area contributed by atoms with Gasteiger partial charge in [0.1, 0.15) is 6.04 Å². The molecule has 35 heavy (non-hydrogen) atoms. The number of methoxy groups -OCH3 is 1. The van der Waals surface area contributed by atoms with E-state index >= 15 is 0 Å². The summed E-state index contributed by atoms with van der Waals surface area (Å²) in [5, 5.41) is 5.28. The summed E-state index contributed by atoms with van der Waals surface area (Å²) in [5.74, 6) is -4.04. The number of esters is 1. The zero-order valence-corrected chi connectivity index (χ0v) is 20.1. The molecule has 0 radical (unpaired) electrons. The maximum Gasteiger partial charge on any atom is 0.389 e. The summed E-state index contributed by atoms with van der Waals surface area (Å²) in [5.41, 5.74) is 4.99. The van der Waals surface area contributed by atoms with Crippen molar-refractivity contribution >= 4 is 17.7 Å². The van der Waals surface area contributed by atoms with Crippen molar-refractivity contribution < 1.29 is 32.3 Å². The zero-order valence-electron chi connectivity index (χ0n) is 20.1. The Hall–Kier alpha value is -3.20. The van der Waals surface area contributed by atoms with Crippen LogP contribution in [-0.2, 0) is 25.5 Å². The summed E-state index contributed by atoms with van der Waals surface area (Å²) >= 11 is 0. The smallest absolute Gasteiger partial charge is 0.389 e. The van der Waals surface area contributed by atoms with Gasteiger partial charge in [-0.05, 0) is 60.3 Å². The molecule has 1 heterocycles. The van der Waals surface area contributed by atoms with Crippen molar-refractivity contribution in [2.75, 3.05) is 14.2 Å². The van der Waals surface area contributed by atoms with Crippen molar-refractivity contribution in [3.05, 3.63) is 58.7 Å². The number of halogens is 3. The summed E-state index contributed by atoms with van der Waals surface area (Å²) in [6.07, 6.45) is -6.77. The molecule has 0 fully saturated rings. The second-order valence-electron chi connectivity index (χ2n) is 8.92. The van der Waals surface area contributed by atoms with Crippen LogP contribution < -0.4 is 10.6 Å². The number of benzene rings is 2. The Balaban J connectivity index is 2.19. The number of carbonyl (C=O) groups excluding carboxylic acids is 3. The summed E-state index contributed by atoms with van der Waals surface area (Å²) in [6.45, 7) is 3.87. The minimum Gasteiger partial charge on any atom is -0.467 e. The second-order valence-corrected chi connectivity index (χ2v) is 8.92. The molecule has 188 valence electrons. The first-order valence-electron chi connectivity index (χ1n) is 11.3. The van der Waals surface area contributed by atoms with Gasteiger partial charge >= 0.3 is 12.1 Å². The Kier molecular flexibility index (Phi) is 8.00. The van der Waals surface area contributed by atoms with Crippen LogP contribution in [0.3, 0.4) is 0 Å². The molecule has 2 N–H and O–H groups in total. The Morgan fingerprint density at radius 3 is 2.29 bits per heavy atom. The number of ketones is 1. The topological polar surface area (TPSA) is 84.5 Å².